The highest BCUT2D eigenvalue weighted by Crippen LogP contribution is 2.30. The van der Waals surface area contributed by atoms with Crippen molar-refractivity contribution < 1.29 is 4.79 Å². The molecular weight excluding hydrogens is 274 g/mol. The van der Waals surface area contributed by atoms with Gasteiger partial charge in [-0.1, -0.05) is 44.8 Å². The van der Waals surface area contributed by atoms with E-state index in [-0.39, 0.29) is 18.0 Å². The van der Waals surface area contributed by atoms with E-state index >= 15 is 0 Å². The summed E-state index contributed by atoms with van der Waals surface area (Å²) in [7, 11) is -1.34. The zero-order valence-electron chi connectivity index (χ0n) is 14.9. The van der Waals surface area contributed by atoms with Crippen molar-refractivity contribution in [1.29, 1.82) is 0 Å². The van der Waals surface area contributed by atoms with E-state index in [4.69, 9.17) is 0 Å². The Morgan fingerprint density at radius 1 is 0.952 bits per heavy atom. The molecule has 2 nitrogen and oxygen atoms in total. The minimum Gasteiger partial charge on any atom is -0.334 e. The quantitative estimate of drug-likeness (QED) is 0.707. The molecule has 1 aromatic rings. The van der Waals surface area contributed by atoms with Gasteiger partial charge in [-0.3, -0.25) is 4.79 Å². The third-order valence-electron chi connectivity index (χ3n) is 4.30. The predicted octanol–water partition coefficient (Wildman–Crippen LogP) is 4.93. The van der Waals surface area contributed by atoms with Crippen LogP contribution in [0.15, 0.2) is 24.3 Å². The van der Waals surface area contributed by atoms with Crippen molar-refractivity contribution in [1.82, 2.24) is 4.90 Å². The van der Waals surface area contributed by atoms with E-state index < -0.39 is 8.07 Å². The van der Waals surface area contributed by atoms with Gasteiger partial charge in [-0.15, -0.1) is 0 Å². The van der Waals surface area contributed by atoms with E-state index in [0.717, 1.165) is 5.56 Å². The third-order valence-corrected chi connectivity index (χ3v) is 7.21. The first kappa shape index (κ1) is 18.0. The van der Waals surface area contributed by atoms with Crippen LogP contribution < -0.4 is 0 Å². The van der Waals surface area contributed by atoms with Gasteiger partial charge in [-0.25, -0.2) is 0 Å². The first-order valence-corrected chi connectivity index (χ1v) is 11.6. The normalized spacial score (nSPS) is 13.6. The summed E-state index contributed by atoms with van der Waals surface area (Å²) in [6.07, 6.45) is 0. The van der Waals surface area contributed by atoms with Gasteiger partial charge >= 0.3 is 0 Å². The van der Waals surface area contributed by atoms with E-state index in [9.17, 15) is 4.79 Å². The maximum atomic E-state index is 13.0. The Hall–Kier alpha value is -1.09. The molecule has 0 radical (unpaired) electrons. The number of nitrogens with zero attached hydrogens (tertiary/aromatic N) is 1. The standard InChI is InChI=1S/C18H31NOSi/c1-13(2)19(14(3)4)18(20)17-12-10-9-11-16(17)15(5)21(6,7)8/h9-15H,1-8H3/t15-/m1/s1. The van der Waals surface area contributed by atoms with Crippen LogP contribution in [0, 0.1) is 0 Å². The zero-order valence-corrected chi connectivity index (χ0v) is 15.9. The molecule has 1 amide bonds. The highest BCUT2D eigenvalue weighted by Gasteiger charge is 2.29. The van der Waals surface area contributed by atoms with Gasteiger partial charge in [0.2, 0.25) is 0 Å². The summed E-state index contributed by atoms with van der Waals surface area (Å²) in [4.78, 5) is 15.0. The molecule has 0 heterocycles. The predicted molar refractivity (Wildman–Crippen MR) is 94.6 cm³/mol. The second kappa shape index (κ2) is 6.78. The SMILES string of the molecule is CC(C)N(C(=O)c1ccccc1[C@@H](C)[Si](C)(C)C)C(C)C. The molecule has 118 valence electrons. The number of amides is 1. The monoisotopic (exact) mass is 305 g/mol. The van der Waals surface area contributed by atoms with Crippen LogP contribution in [0.5, 0.6) is 0 Å². The summed E-state index contributed by atoms with van der Waals surface area (Å²) < 4.78 is 0. The highest BCUT2D eigenvalue weighted by atomic mass is 28.3. The van der Waals surface area contributed by atoms with Crippen LogP contribution in [0.2, 0.25) is 19.6 Å². The van der Waals surface area contributed by atoms with Gasteiger partial charge in [-0.05, 0) is 44.9 Å². The maximum Gasteiger partial charge on any atom is 0.254 e. The number of rotatable bonds is 5. The van der Waals surface area contributed by atoms with E-state index in [0.29, 0.717) is 5.54 Å². The van der Waals surface area contributed by atoms with Gasteiger partial charge in [0.1, 0.15) is 0 Å². The Labute approximate surface area is 131 Å². The number of carbonyl (C=O) groups is 1. The van der Waals surface area contributed by atoms with Crippen LogP contribution in [-0.4, -0.2) is 31.0 Å². The van der Waals surface area contributed by atoms with Crippen LogP contribution in [0.25, 0.3) is 0 Å². The van der Waals surface area contributed by atoms with Crippen LogP contribution in [0.4, 0.5) is 0 Å². The molecule has 0 aliphatic rings. The van der Waals surface area contributed by atoms with Crippen molar-refractivity contribution in [2.45, 2.75) is 71.9 Å². The zero-order chi connectivity index (χ0) is 16.4. The van der Waals surface area contributed by atoms with Gasteiger partial charge < -0.3 is 4.90 Å². The number of hydrogen-bond acceptors (Lipinski definition) is 1. The topological polar surface area (TPSA) is 20.3 Å². The molecular formula is C18H31NOSi. The first-order valence-electron chi connectivity index (χ1n) is 7.99. The van der Waals surface area contributed by atoms with Crippen molar-refractivity contribution in [2.24, 2.45) is 0 Å². The van der Waals surface area contributed by atoms with E-state index in [1.807, 2.05) is 17.0 Å². The number of hydrogen-bond donors (Lipinski definition) is 0. The van der Waals surface area contributed by atoms with Crippen LogP contribution in [0.1, 0.15) is 56.1 Å². The Morgan fingerprint density at radius 3 is 1.86 bits per heavy atom. The van der Waals surface area contributed by atoms with Crippen molar-refractivity contribution in [3.8, 4) is 0 Å². The molecule has 0 saturated carbocycles. The molecule has 0 bridgehead atoms. The minimum atomic E-state index is -1.34. The van der Waals surface area contributed by atoms with E-state index in [2.05, 4.69) is 66.4 Å². The van der Waals surface area contributed by atoms with Crippen molar-refractivity contribution in [3.63, 3.8) is 0 Å². The number of benzene rings is 1. The first-order chi connectivity index (χ1) is 9.57. The fraction of sp³-hybridized carbons (Fsp3) is 0.611. The largest absolute Gasteiger partial charge is 0.334 e. The summed E-state index contributed by atoms with van der Waals surface area (Å²) in [6, 6.07) is 8.59. The lowest BCUT2D eigenvalue weighted by Gasteiger charge is -2.33. The number of carbonyl (C=O) groups excluding carboxylic acids is 1. The summed E-state index contributed by atoms with van der Waals surface area (Å²) in [5, 5.41) is 0. The third kappa shape index (κ3) is 4.19. The highest BCUT2D eigenvalue weighted by molar-refractivity contribution is 6.77. The molecule has 1 atom stereocenters. The summed E-state index contributed by atoms with van der Waals surface area (Å²) >= 11 is 0. The lowest BCUT2D eigenvalue weighted by atomic mass is 10.0. The molecule has 0 unspecified atom stereocenters. The van der Waals surface area contributed by atoms with Gasteiger partial charge in [0.05, 0.1) is 8.07 Å². The fourth-order valence-corrected chi connectivity index (χ4v) is 3.92. The maximum absolute atomic E-state index is 13.0. The van der Waals surface area contributed by atoms with Gasteiger partial charge in [0, 0.05) is 17.6 Å². The average Bonchev–Trinajstić information content (AvgIpc) is 2.35. The molecule has 3 heteroatoms. The molecule has 21 heavy (non-hydrogen) atoms. The molecule has 0 aliphatic heterocycles. The average molecular weight is 306 g/mol. The Kier molecular flexibility index (Phi) is 5.80. The molecule has 0 saturated heterocycles. The lowest BCUT2D eigenvalue weighted by Crippen LogP contribution is -2.43. The Balaban J connectivity index is 3.28. The van der Waals surface area contributed by atoms with Crippen LogP contribution in [0.3, 0.4) is 0 Å². The van der Waals surface area contributed by atoms with Gasteiger partial charge in [-0.2, -0.15) is 0 Å². The van der Waals surface area contributed by atoms with Crippen molar-refractivity contribution in [2.75, 3.05) is 0 Å². The smallest absolute Gasteiger partial charge is 0.254 e. The second-order valence-corrected chi connectivity index (χ2v) is 13.2. The molecule has 0 aliphatic carbocycles. The summed E-state index contributed by atoms with van der Waals surface area (Å²) in [5.41, 5.74) is 2.57. The van der Waals surface area contributed by atoms with Gasteiger partial charge in [0.25, 0.3) is 5.91 Å². The van der Waals surface area contributed by atoms with Crippen LogP contribution >= 0.6 is 0 Å². The van der Waals surface area contributed by atoms with E-state index in [1.54, 1.807) is 0 Å². The Bertz CT molecular complexity index is 480. The summed E-state index contributed by atoms with van der Waals surface area (Å²) in [5.74, 6) is 0.167. The second-order valence-electron chi connectivity index (χ2n) is 7.57. The van der Waals surface area contributed by atoms with Crippen LogP contribution in [-0.2, 0) is 0 Å². The molecule has 0 fully saturated rings. The summed E-state index contributed by atoms with van der Waals surface area (Å²) in [6.45, 7) is 17.7. The van der Waals surface area contributed by atoms with Crippen molar-refractivity contribution in [3.05, 3.63) is 35.4 Å². The Morgan fingerprint density at radius 2 is 1.43 bits per heavy atom. The molecule has 0 aromatic heterocycles. The molecule has 0 N–H and O–H groups in total. The minimum absolute atomic E-state index is 0.167. The fourth-order valence-electron chi connectivity index (χ4n) is 2.74. The molecule has 0 spiro atoms. The lowest BCUT2D eigenvalue weighted by molar-refractivity contribution is 0.0642. The van der Waals surface area contributed by atoms with Crippen molar-refractivity contribution >= 4 is 14.0 Å². The molecule has 1 rings (SSSR count). The molecule has 1 aromatic carbocycles. The van der Waals surface area contributed by atoms with E-state index in [1.165, 1.54) is 5.56 Å². The van der Waals surface area contributed by atoms with Gasteiger partial charge in [0.15, 0.2) is 0 Å².